The van der Waals surface area contributed by atoms with E-state index in [9.17, 15) is 18.0 Å². The van der Waals surface area contributed by atoms with E-state index in [4.69, 9.17) is 0 Å². The van der Waals surface area contributed by atoms with E-state index in [1.54, 1.807) is 37.3 Å². The lowest BCUT2D eigenvalue weighted by atomic mass is 10.1. The fraction of sp³-hybridized carbons (Fsp3) is 0.375. The van der Waals surface area contributed by atoms with Gasteiger partial charge < -0.3 is 10.2 Å². The van der Waals surface area contributed by atoms with Crippen molar-refractivity contribution in [1.29, 1.82) is 0 Å². The maximum absolute atomic E-state index is 14.1. The van der Waals surface area contributed by atoms with Gasteiger partial charge in [0.05, 0.1) is 10.6 Å². The predicted octanol–water partition coefficient (Wildman–Crippen LogP) is 5.28. The Labute approximate surface area is 238 Å². The lowest BCUT2D eigenvalue weighted by Crippen LogP contribution is -2.52. The molecule has 3 aromatic rings. The second-order valence-electron chi connectivity index (χ2n) is 10.7. The maximum Gasteiger partial charge on any atom is 0.264 e. The van der Waals surface area contributed by atoms with Gasteiger partial charge in [0.1, 0.15) is 12.6 Å². The van der Waals surface area contributed by atoms with E-state index in [2.05, 4.69) is 5.32 Å². The minimum atomic E-state index is -4.08. The number of rotatable bonds is 10. The Balaban J connectivity index is 1.72. The van der Waals surface area contributed by atoms with Crippen LogP contribution in [0.4, 0.5) is 5.69 Å². The molecule has 0 saturated heterocycles. The first kappa shape index (κ1) is 29.3. The molecule has 40 heavy (non-hydrogen) atoms. The van der Waals surface area contributed by atoms with E-state index in [1.807, 2.05) is 51.1 Å². The monoisotopic (exact) mass is 561 g/mol. The molecule has 2 amide bonds. The van der Waals surface area contributed by atoms with Gasteiger partial charge >= 0.3 is 0 Å². The molecule has 0 heterocycles. The van der Waals surface area contributed by atoms with Gasteiger partial charge in [0.25, 0.3) is 10.0 Å². The van der Waals surface area contributed by atoms with Crippen LogP contribution in [0, 0.1) is 20.8 Å². The van der Waals surface area contributed by atoms with Crippen LogP contribution in [0.1, 0.15) is 54.9 Å². The van der Waals surface area contributed by atoms with Gasteiger partial charge in [0, 0.05) is 12.6 Å². The summed E-state index contributed by atoms with van der Waals surface area (Å²) in [6.07, 6.45) is 4.01. The lowest BCUT2D eigenvalue weighted by molar-refractivity contribution is -0.139. The zero-order chi connectivity index (χ0) is 28.9. The predicted molar refractivity (Wildman–Crippen MR) is 158 cm³/mol. The summed E-state index contributed by atoms with van der Waals surface area (Å²) in [5, 5.41) is 3.11. The lowest BCUT2D eigenvalue weighted by Gasteiger charge is -2.33. The summed E-state index contributed by atoms with van der Waals surface area (Å²) in [6.45, 7) is 7.20. The maximum atomic E-state index is 14.1. The number of sulfonamides is 1. The van der Waals surface area contributed by atoms with E-state index in [-0.39, 0.29) is 23.4 Å². The first-order valence-corrected chi connectivity index (χ1v) is 15.3. The van der Waals surface area contributed by atoms with Gasteiger partial charge in [0.2, 0.25) is 11.8 Å². The SMILES string of the molecule is Cc1ccccc1CN(C(=O)CN(c1cccc(C)c1C)S(=O)(=O)c1ccccc1)[C@H](C)C(=O)NC1CCCC1. The van der Waals surface area contributed by atoms with E-state index in [0.717, 1.165) is 47.9 Å². The summed E-state index contributed by atoms with van der Waals surface area (Å²) < 4.78 is 29.1. The van der Waals surface area contributed by atoms with Gasteiger partial charge in [-0.25, -0.2) is 8.42 Å². The number of carbonyl (C=O) groups excluding carboxylic acids is 2. The fourth-order valence-corrected chi connectivity index (χ4v) is 6.68. The number of hydrogen-bond donors (Lipinski definition) is 1. The van der Waals surface area contributed by atoms with Crippen molar-refractivity contribution in [1.82, 2.24) is 10.2 Å². The van der Waals surface area contributed by atoms with Gasteiger partial charge in [-0.3, -0.25) is 13.9 Å². The normalized spacial score (nSPS) is 14.5. The molecule has 0 unspecified atom stereocenters. The van der Waals surface area contributed by atoms with E-state index >= 15 is 0 Å². The molecule has 0 spiro atoms. The van der Waals surface area contributed by atoms with Gasteiger partial charge in [-0.2, -0.15) is 0 Å². The zero-order valence-electron chi connectivity index (χ0n) is 23.8. The van der Waals surface area contributed by atoms with Gasteiger partial charge in [0.15, 0.2) is 0 Å². The highest BCUT2D eigenvalue weighted by atomic mass is 32.2. The molecule has 0 aromatic heterocycles. The summed E-state index contributed by atoms with van der Waals surface area (Å²) in [4.78, 5) is 29.1. The van der Waals surface area contributed by atoms with Crippen molar-refractivity contribution >= 4 is 27.5 Å². The van der Waals surface area contributed by atoms with Crippen molar-refractivity contribution < 1.29 is 18.0 Å². The van der Waals surface area contributed by atoms with Crippen LogP contribution in [0.15, 0.2) is 77.7 Å². The number of nitrogens with zero attached hydrogens (tertiary/aromatic N) is 2. The summed E-state index contributed by atoms with van der Waals surface area (Å²) >= 11 is 0. The highest BCUT2D eigenvalue weighted by molar-refractivity contribution is 7.92. The molecule has 7 nitrogen and oxygen atoms in total. The third kappa shape index (κ3) is 6.55. The minimum Gasteiger partial charge on any atom is -0.352 e. The molecule has 3 aromatic carbocycles. The number of nitrogens with one attached hydrogen (secondary N) is 1. The highest BCUT2D eigenvalue weighted by Crippen LogP contribution is 2.29. The molecule has 8 heteroatoms. The number of anilines is 1. The van der Waals surface area contributed by atoms with Crippen LogP contribution in [-0.2, 0) is 26.2 Å². The molecule has 1 atom stereocenters. The topological polar surface area (TPSA) is 86.8 Å². The van der Waals surface area contributed by atoms with Gasteiger partial charge in [-0.15, -0.1) is 0 Å². The second-order valence-corrected chi connectivity index (χ2v) is 12.5. The van der Waals surface area contributed by atoms with Crippen LogP contribution >= 0.6 is 0 Å². The van der Waals surface area contributed by atoms with E-state index < -0.39 is 28.5 Å². The highest BCUT2D eigenvalue weighted by Gasteiger charge is 2.34. The number of carbonyl (C=O) groups is 2. The molecule has 0 bridgehead atoms. The molecule has 1 saturated carbocycles. The van der Waals surface area contributed by atoms with Gasteiger partial charge in [-0.1, -0.05) is 67.4 Å². The van der Waals surface area contributed by atoms with Crippen LogP contribution in [0.5, 0.6) is 0 Å². The summed E-state index contributed by atoms with van der Waals surface area (Å²) in [6, 6.07) is 20.6. The third-order valence-electron chi connectivity index (χ3n) is 7.93. The first-order valence-electron chi connectivity index (χ1n) is 13.9. The molecule has 212 valence electrons. The van der Waals surface area contributed by atoms with Crippen LogP contribution in [0.2, 0.25) is 0 Å². The van der Waals surface area contributed by atoms with Crippen molar-refractivity contribution in [3.05, 3.63) is 95.1 Å². The van der Waals surface area contributed by atoms with Crippen LogP contribution in [-0.4, -0.2) is 43.8 Å². The fourth-order valence-electron chi connectivity index (χ4n) is 5.18. The van der Waals surface area contributed by atoms with Crippen LogP contribution < -0.4 is 9.62 Å². The summed E-state index contributed by atoms with van der Waals surface area (Å²) in [5.74, 6) is -0.671. The Bertz CT molecular complexity index is 1450. The Hall–Kier alpha value is -3.65. The number of benzene rings is 3. The number of aryl methyl sites for hydroxylation is 2. The standard InChI is InChI=1S/C32H39N3O4S/c1-23-14-12-20-30(25(23)3)35(40(38,39)29-18-6-5-7-19-29)22-31(36)34(21-27-15-9-8-13-24(27)2)26(4)32(37)33-28-16-10-11-17-28/h5-9,12-15,18-20,26,28H,10-11,16-17,21-22H2,1-4H3,(H,33,37)/t26-/m1/s1. The average molecular weight is 562 g/mol. The van der Waals surface area contributed by atoms with Crippen molar-refractivity contribution in [2.24, 2.45) is 0 Å². The molecule has 1 fully saturated rings. The minimum absolute atomic E-state index is 0.0983. The Kier molecular flexibility index (Phi) is 9.30. The quantitative estimate of drug-likeness (QED) is 0.365. The number of amides is 2. The first-order chi connectivity index (χ1) is 19.1. The third-order valence-corrected chi connectivity index (χ3v) is 9.70. The van der Waals surface area contributed by atoms with E-state index in [1.165, 1.54) is 21.3 Å². The zero-order valence-corrected chi connectivity index (χ0v) is 24.6. The molecule has 1 N–H and O–H groups in total. The van der Waals surface area contributed by atoms with Crippen molar-refractivity contribution in [3.8, 4) is 0 Å². The van der Waals surface area contributed by atoms with Crippen molar-refractivity contribution in [3.63, 3.8) is 0 Å². The Morgan fingerprint density at radius 2 is 1.50 bits per heavy atom. The van der Waals surface area contributed by atoms with Crippen LogP contribution in [0.3, 0.4) is 0 Å². The van der Waals surface area contributed by atoms with Gasteiger partial charge in [-0.05, 0) is 81.0 Å². The largest absolute Gasteiger partial charge is 0.352 e. The smallest absolute Gasteiger partial charge is 0.264 e. The second kappa shape index (κ2) is 12.7. The summed E-state index contributed by atoms with van der Waals surface area (Å²) in [5.41, 5.74) is 4.02. The van der Waals surface area contributed by atoms with Crippen molar-refractivity contribution in [2.45, 2.75) is 76.9 Å². The molecular formula is C32H39N3O4S. The Morgan fingerprint density at radius 3 is 2.17 bits per heavy atom. The molecule has 1 aliphatic rings. The number of hydrogen-bond acceptors (Lipinski definition) is 4. The molecular weight excluding hydrogens is 522 g/mol. The van der Waals surface area contributed by atoms with E-state index in [0.29, 0.717) is 5.69 Å². The van der Waals surface area contributed by atoms with Crippen molar-refractivity contribution in [2.75, 3.05) is 10.8 Å². The summed E-state index contributed by atoms with van der Waals surface area (Å²) in [7, 11) is -4.08. The molecule has 1 aliphatic carbocycles. The molecule has 4 rings (SSSR count). The Morgan fingerprint density at radius 1 is 0.875 bits per heavy atom. The average Bonchev–Trinajstić information content (AvgIpc) is 3.46. The van der Waals surface area contributed by atoms with Crippen LogP contribution in [0.25, 0.3) is 0 Å². The molecule has 0 aliphatic heterocycles. The molecule has 0 radical (unpaired) electrons.